The van der Waals surface area contributed by atoms with Crippen LogP contribution in [0.2, 0.25) is 6.82 Å². The van der Waals surface area contributed by atoms with E-state index in [2.05, 4.69) is 54.4 Å². The standard InChI is InChI=1S/C11H21B/c1-8(2)10(5)7-11(12-6)9(3)4/h7-9H,1-6H3/b10-7+. The quantitative estimate of drug-likeness (QED) is 0.562. The van der Waals surface area contributed by atoms with E-state index in [4.69, 9.17) is 0 Å². The molecule has 0 aliphatic carbocycles. The van der Waals surface area contributed by atoms with Crippen molar-refractivity contribution < 1.29 is 0 Å². The minimum atomic E-state index is 0.642. The predicted octanol–water partition coefficient (Wildman–Crippen LogP) is 3.17. The summed E-state index contributed by atoms with van der Waals surface area (Å²) in [5.74, 6) is 1.31. The molecule has 0 amide bonds. The SMILES string of the molecule is C/B=C(\C=C(/C)C(C)C)C(C)C. The molecule has 0 saturated heterocycles. The maximum absolute atomic E-state index is 2.31. The molecule has 12 heavy (non-hydrogen) atoms. The van der Waals surface area contributed by atoms with Gasteiger partial charge in [-0.25, -0.2) is 0 Å². The van der Waals surface area contributed by atoms with Crippen LogP contribution in [0.15, 0.2) is 11.6 Å². The van der Waals surface area contributed by atoms with Crippen LogP contribution >= 0.6 is 0 Å². The van der Waals surface area contributed by atoms with Gasteiger partial charge in [0.25, 0.3) is 0 Å². The molecular weight excluding hydrogens is 143 g/mol. The molecule has 0 radical (unpaired) electrons. The van der Waals surface area contributed by atoms with E-state index in [0.717, 1.165) is 0 Å². The Labute approximate surface area is 78.0 Å². The molecule has 0 aromatic rings. The molecule has 68 valence electrons. The van der Waals surface area contributed by atoms with E-state index in [1.165, 1.54) is 11.0 Å². The van der Waals surface area contributed by atoms with Crippen molar-refractivity contribution in [2.45, 2.75) is 41.4 Å². The minimum absolute atomic E-state index is 0.642. The van der Waals surface area contributed by atoms with Crippen molar-refractivity contribution in [3.63, 3.8) is 0 Å². The van der Waals surface area contributed by atoms with Gasteiger partial charge in [0.05, 0.1) is 0 Å². The van der Waals surface area contributed by atoms with Crippen molar-refractivity contribution in [2.24, 2.45) is 11.8 Å². The average molecular weight is 164 g/mol. The molecule has 0 aromatic carbocycles. The monoisotopic (exact) mass is 164 g/mol. The van der Waals surface area contributed by atoms with Gasteiger partial charge in [0, 0.05) is 0 Å². The van der Waals surface area contributed by atoms with E-state index < -0.39 is 0 Å². The zero-order valence-corrected chi connectivity index (χ0v) is 9.31. The molecule has 0 N–H and O–H groups in total. The number of hydrogen-bond acceptors (Lipinski definition) is 0. The second-order valence-corrected chi connectivity index (χ2v) is 3.99. The number of allylic oxidation sites excluding steroid dienone is 2. The molecule has 1 heteroatoms. The fourth-order valence-corrected chi connectivity index (χ4v) is 1.01. The van der Waals surface area contributed by atoms with Crippen LogP contribution in [-0.2, 0) is 0 Å². The second kappa shape index (κ2) is 5.34. The van der Waals surface area contributed by atoms with Gasteiger partial charge < -0.3 is 0 Å². The summed E-state index contributed by atoms with van der Waals surface area (Å²) in [6, 6.07) is 0. The topological polar surface area (TPSA) is 0 Å². The first-order valence-corrected chi connectivity index (χ1v) is 4.83. The number of hydrogen-bond donors (Lipinski definition) is 0. The Bertz CT molecular complexity index is 185. The molecule has 0 aromatic heterocycles. The molecule has 0 heterocycles. The second-order valence-electron chi connectivity index (χ2n) is 3.99. The summed E-state index contributed by atoms with van der Waals surface area (Å²) >= 11 is 0. The van der Waals surface area contributed by atoms with Crippen molar-refractivity contribution in [1.29, 1.82) is 0 Å². The van der Waals surface area contributed by atoms with Crippen molar-refractivity contribution >= 4 is 12.4 Å². The Hall–Kier alpha value is -0.325. The van der Waals surface area contributed by atoms with Crippen LogP contribution in [-0.4, -0.2) is 12.4 Å². The van der Waals surface area contributed by atoms with Gasteiger partial charge in [-0.1, -0.05) is 0 Å². The summed E-state index contributed by atoms with van der Waals surface area (Å²) in [7, 11) is 0. The van der Waals surface area contributed by atoms with Crippen LogP contribution in [0.25, 0.3) is 0 Å². The summed E-state index contributed by atoms with van der Waals surface area (Å²) in [5, 5.41) is 0. The number of rotatable bonds is 3. The summed E-state index contributed by atoms with van der Waals surface area (Å²) in [6.45, 7) is 15.5. The van der Waals surface area contributed by atoms with Gasteiger partial charge in [0.2, 0.25) is 0 Å². The summed E-state index contributed by atoms with van der Waals surface area (Å²) in [6.07, 6.45) is 2.31. The third-order valence-electron chi connectivity index (χ3n) is 2.31. The molecule has 0 bridgehead atoms. The Kier molecular flexibility index (Phi) is 5.20. The van der Waals surface area contributed by atoms with Crippen LogP contribution in [0, 0.1) is 11.8 Å². The molecule has 0 nitrogen and oxygen atoms in total. The van der Waals surface area contributed by atoms with Crippen molar-refractivity contribution in [3.8, 4) is 0 Å². The molecule has 0 aliphatic rings. The summed E-state index contributed by atoms with van der Waals surface area (Å²) in [5.41, 5.74) is 2.91. The van der Waals surface area contributed by atoms with Gasteiger partial charge in [-0.05, 0) is 0 Å². The van der Waals surface area contributed by atoms with Crippen LogP contribution in [0.3, 0.4) is 0 Å². The molecule has 0 aliphatic heterocycles. The van der Waals surface area contributed by atoms with Gasteiger partial charge >= 0.3 is 77.3 Å². The maximum atomic E-state index is 2.31. The van der Waals surface area contributed by atoms with E-state index in [9.17, 15) is 0 Å². The van der Waals surface area contributed by atoms with Crippen LogP contribution in [0.1, 0.15) is 34.6 Å². The third-order valence-corrected chi connectivity index (χ3v) is 2.31. The zero-order valence-electron chi connectivity index (χ0n) is 9.31. The van der Waals surface area contributed by atoms with E-state index in [-0.39, 0.29) is 0 Å². The first-order chi connectivity index (χ1) is 5.49. The molecular formula is C11H21B. The first kappa shape index (κ1) is 11.7. The van der Waals surface area contributed by atoms with Crippen LogP contribution in [0.5, 0.6) is 0 Å². The Morgan fingerprint density at radius 2 is 1.58 bits per heavy atom. The Morgan fingerprint density at radius 3 is 1.83 bits per heavy atom. The van der Waals surface area contributed by atoms with Gasteiger partial charge in [0.15, 0.2) is 0 Å². The third kappa shape index (κ3) is 3.89. The average Bonchev–Trinajstić information content (AvgIpc) is 1.98. The van der Waals surface area contributed by atoms with Crippen LogP contribution < -0.4 is 0 Å². The molecule has 0 spiro atoms. The van der Waals surface area contributed by atoms with Crippen molar-refractivity contribution in [2.75, 3.05) is 0 Å². The molecule has 0 atom stereocenters. The van der Waals surface area contributed by atoms with E-state index >= 15 is 0 Å². The molecule has 0 saturated carbocycles. The van der Waals surface area contributed by atoms with Gasteiger partial charge in [0.1, 0.15) is 0 Å². The van der Waals surface area contributed by atoms with E-state index in [1.54, 1.807) is 0 Å². The summed E-state index contributed by atoms with van der Waals surface area (Å²) in [4.78, 5) is 0. The van der Waals surface area contributed by atoms with Gasteiger partial charge in [-0.2, -0.15) is 0 Å². The molecule has 0 rings (SSSR count). The zero-order chi connectivity index (χ0) is 9.72. The fourth-order valence-electron chi connectivity index (χ4n) is 1.01. The molecule has 0 fully saturated rings. The Morgan fingerprint density at radius 1 is 1.08 bits per heavy atom. The predicted molar refractivity (Wildman–Crippen MR) is 60.1 cm³/mol. The van der Waals surface area contributed by atoms with Crippen molar-refractivity contribution in [3.05, 3.63) is 11.6 Å². The van der Waals surface area contributed by atoms with Crippen LogP contribution in [0.4, 0.5) is 0 Å². The Balaban J connectivity index is 4.49. The van der Waals surface area contributed by atoms with Gasteiger partial charge in [-0.3, -0.25) is 0 Å². The summed E-state index contributed by atoms with van der Waals surface area (Å²) < 4.78 is 0. The van der Waals surface area contributed by atoms with Crippen molar-refractivity contribution in [1.82, 2.24) is 0 Å². The van der Waals surface area contributed by atoms with E-state index in [0.29, 0.717) is 11.8 Å². The van der Waals surface area contributed by atoms with Gasteiger partial charge in [-0.15, -0.1) is 0 Å². The molecule has 0 unspecified atom stereocenters. The van der Waals surface area contributed by atoms with E-state index in [1.807, 2.05) is 0 Å². The first-order valence-electron chi connectivity index (χ1n) is 4.83. The normalized spacial score (nSPS) is 14.0. The fraction of sp³-hybridized carbons (Fsp3) is 0.727.